The second-order valence-electron chi connectivity index (χ2n) is 3.66. The second kappa shape index (κ2) is 5.17. The maximum atomic E-state index is 6.03. The van der Waals surface area contributed by atoms with E-state index in [0.29, 0.717) is 22.8 Å². The van der Waals surface area contributed by atoms with Crippen LogP contribution in [0.25, 0.3) is 0 Å². The van der Waals surface area contributed by atoms with E-state index in [1.165, 1.54) is 0 Å². The summed E-state index contributed by atoms with van der Waals surface area (Å²) in [5, 5.41) is 4.66. The minimum atomic E-state index is 0.306. The molecule has 2 rings (SSSR count). The normalized spacial score (nSPS) is 20.8. The van der Waals surface area contributed by atoms with Crippen LogP contribution in [0.5, 0.6) is 0 Å². The first-order chi connectivity index (χ1) is 7.25. The molecule has 1 saturated heterocycles. The topological polar surface area (TPSA) is 21.3 Å². The molecule has 0 aliphatic carbocycles. The van der Waals surface area contributed by atoms with Crippen LogP contribution in [0.2, 0.25) is 10.0 Å². The van der Waals surface area contributed by atoms with Gasteiger partial charge in [-0.3, -0.25) is 0 Å². The van der Waals surface area contributed by atoms with Crippen LogP contribution in [0.15, 0.2) is 18.2 Å². The van der Waals surface area contributed by atoms with Gasteiger partial charge in [0.15, 0.2) is 0 Å². The van der Waals surface area contributed by atoms with Crippen LogP contribution in [-0.2, 0) is 11.3 Å². The lowest BCUT2D eigenvalue weighted by molar-refractivity contribution is 0.0543. The van der Waals surface area contributed by atoms with E-state index < -0.39 is 0 Å². The molecule has 0 spiro atoms. The Kier molecular flexibility index (Phi) is 3.87. The summed E-state index contributed by atoms with van der Waals surface area (Å²) in [4.78, 5) is 0. The van der Waals surface area contributed by atoms with E-state index in [1.54, 1.807) is 12.1 Å². The van der Waals surface area contributed by atoms with Crippen molar-refractivity contribution in [3.05, 3.63) is 33.8 Å². The van der Waals surface area contributed by atoms with E-state index in [0.717, 1.165) is 25.1 Å². The molecular formula is C11H13Cl2NO. The van der Waals surface area contributed by atoms with Gasteiger partial charge in [-0.2, -0.15) is 0 Å². The minimum absolute atomic E-state index is 0.306. The molecule has 1 heterocycles. The molecule has 0 aromatic heterocycles. The van der Waals surface area contributed by atoms with Crippen LogP contribution >= 0.6 is 23.2 Å². The van der Waals surface area contributed by atoms with Gasteiger partial charge in [0.1, 0.15) is 0 Å². The fourth-order valence-electron chi connectivity index (χ4n) is 1.63. The lowest BCUT2D eigenvalue weighted by atomic mass is 10.2. The summed E-state index contributed by atoms with van der Waals surface area (Å²) in [5.41, 5.74) is 0.955. The molecule has 1 aliphatic rings. The van der Waals surface area contributed by atoms with Crippen LogP contribution in [0, 0.1) is 0 Å². The summed E-state index contributed by atoms with van der Waals surface area (Å²) < 4.78 is 5.72. The van der Waals surface area contributed by atoms with Crippen molar-refractivity contribution in [1.82, 2.24) is 5.32 Å². The monoisotopic (exact) mass is 245 g/mol. The maximum absolute atomic E-state index is 6.03. The summed E-state index contributed by atoms with van der Waals surface area (Å²) in [6, 6.07) is 5.44. The van der Waals surface area contributed by atoms with Crippen molar-refractivity contribution in [3.63, 3.8) is 0 Å². The standard InChI is InChI=1S/C11H13Cl2NO/c12-9-1-2-11(13)8(5-9)7-15-10-3-4-14-6-10/h1-2,5,10,14H,3-4,6-7H2. The van der Waals surface area contributed by atoms with Crippen molar-refractivity contribution in [3.8, 4) is 0 Å². The highest BCUT2D eigenvalue weighted by Crippen LogP contribution is 2.22. The van der Waals surface area contributed by atoms with Crippen LogP contribution < -0.4 is 5.32 Å². The van der Waals surface area contributed by atoms with E-state index >= 15 is 0 Å². The highest BCUT2D eigenvalue weighted by atomic mass is 35.5. The number of hydrogen-bond donors (Lipinski definition) is 1. The van der Waals surface area contributed by atoms with Gasteiger partial charge >= 0.3 is 0 Å². The highest BCUT2D eigenvalue weighted by molar-refractivity contribution is 6.33. The Balaban J connectivity index is 1.94. The van der Waals surface area contributed by atoms with Crippen LogP contribution in [0.4, 0.5) is 0 Å². The largest absolute Gasteiger partial charge is 0.372 e. The third-order valence-electron chi connectivity index (χ3n) is 2.50. The first kappa shape index (κ1) is 11.2. The zero-order chi connectivity index (χ0) is 10.7. The predicted molar refractivity (Wildman–Crippen MR) is 62.5 cm³/mol. The quantitative estimate of drug-likeness (QED) is 0.885. The molecule has 82 valence electrons. The summed E-state index contributed by atoms with van der Waals surface area (Å²) in [5.74, 6) is 0. The molecule has 1 N–H and O–H groups in total. The van der Waals surface area contributed by atoms with Crippen molar-refractivity contribution < 1.29 is 4.74 Å². The van der Waals surface area contributed by atoms with Crippen molar-refractivity contribution in [1.29, 1.82) is 0 Å². The molecule has 1 atom stereocenters. The molecular weight excluding hydrogens is 233 g/mol. The number of benzene rings is 1. The number of nitrogens with one attached hydrogen (secondary N) is 1. The van der Waals surface area contributed by atoms with Crippen LogP contribution in [0.3, 0.4) is 0 Å². The Hall–Kier alpha value is -0.280. The van der Waals surface area contributed by atoms with Crippen molar-refractivity contribution in [2.45, 2.75) is 19.1 Å². The molecule has 1 aromatic carbocycles. The number of rotatable bonds is 3. The minimum Gasteiger partial charge on any atom is -0.372 e. The van der Waals surface area contributed by atoms with E-state index in [9.17, 15) is 0 Å². The van der Waals surface area contributed by atoms with Gasteiger partial charge in [0.05, 0.1) is 12.7 Å². The average molecular weight is 246 g/mol. The van der Waals surface area contributed by atoms with Gasteiger partial charge in [-0.25, -0.2) is 0 Å². The van der Waals surface area contributed by atoms with Gasteiger partial charge in [-0.15, -0.1) is 0 Å². The molecule has 4 heteroatoms. The Bertz CT molecular complexity index is 337. The van der Waals surface area contributed by atoms with E-state index in [-0.39, 0.29) is 0 Å². The molecule has 15 heavy (non-hydrogen) atoms. The SMILES string of the molecule is Clc1ccc(Cl)c(COC2CCNC2)c1. The molecule has 0 radical (unpaired) electrons. The summed E-state index contributed by atoms with van der Waals surface area (Å²) in [6.07, 6.45) is 1.37. The third-order valence-corrected chi connectivity index (χ3v) is 3.10. The Morgan fingerprint density at radius 1 is 1.40 bits per heavy atom. The lowest BCUT2D eigenvalue weighted by Gasteiger charge is -2.11. The average Bonchev–Trinajstić information content (AvgIpc) is 2.72. The first-order valence-electron chi connectivity index (χ1n) is 5.02. The number of ether oxygens (including phenoxy) is 1. The fourth-order valence-corrected chi connectivity index (χ4v) is 2.00. The van der Waals surface area contributed by atoms with Gasteiger partial charge in [0.2, 0.25) is 0 Å². The van der Waals surface area contributed by atoms with E-state index in [1.807, 2.05) is 6.07 Å². The van der Waals surface area contributed by atoms with Gasteiger partial charge in [0.25, 0.3) is 0 Å². The third kappa shape index (κ3) is 3.08. The molecule has 1 aliphatic heterocycles. The molecule has 1 unspecified atom stereocenters. The summed E-state index contributed by atoms with van der Waals surface area (Å²) >= 11 is 11.9. The molecule has 2 nitrogen and oxygen atoms in total. The number of hydrogen-bond acceptors (Lipinski definition) is 2. The molecule has 1 fully saturated rings. The maximum Gasteiger partial charge on any atom is 0.0736 e. The number of halogens is 2. The first-order valence-corrected chi connectivity index (χ1v) is 5.77. The fraction of sp³-hybridized carbons (Fsp3) is 0.455. The molecule has 0 amide bonds. The predicted octanol–water partition coefficient (Wildman–Crippen LogP) is 2.87. The van der Waals surface area contributed by atoms with Crippen molar-refractivity contribution in [2.24, 2.45) is 0 Å². The van der Waals surface area contributed by atoms with Crippen molar-refractivity contribution >= 4 is 23.2 Å². The Labute approximate surface area is 99.5 Å². The second-order valence-corrected chi connectivity index (χ2v) is 4.51. The van der Waals surface area contributed by atoms with Gasteiger partial charge in [0, 0.05) is 16.6 Å². The molecule has 0 bridgehead atoms. The molecule has 1 aromatic rings. The Morgan fingerprint density at radius 3 is 3.00 bits per heavy atom. The van der Waals surface area contributed by atoms with Crippen LogP contribution in [-0.4, -0.2) is 19.2 Å². The summed E-state index contributed by atoms with van der Waals surface area (Å²) in [7, 11) is 0. The Morgan fingerprint density at radius 2 is 2.27 bits per heavy atom. The van der Waals surface area contributed by atoms with E-state index in [2.05, 4.69) is 5.32 Å². The zero-order valence-corrected chi connectivity index (χ0v) is 9.81. The lowest BCUT2D eigenvalue weighted by Crippen LogP contribution is -2.16. The molecule has 0 saturated carbocycles. The highest BCUT2D eigenvalue weighted by Gasteiger charge is 2.15. The van der Waals surface area contributed by atoms with E-state index in [4.69, 9.17) is 27.9 Å². The summed E-state index contributed by atoms with van der Waals surface area (Å²) in [6.45, 7) is 2.50. The van der Waals surface area contributed by atoms with Crippen molar-refractivity contribution in [2.75, 3.05) is 13.1 Å². The zero-order valence-electron chi connectivity index (χ0n) is 8.30. The van der Waals surface area contributed by atoms with Gasteiger partial charge < -0.3 is 10.1 Å². The van der Waals surface area contributed by atoms with Gasteiger partial charge in [-0.05, 0) is 36.7 Å². The van der Waals surface area contributed by atoms with Crippen LogP contribution in [0.1, 0.15) is 12.0 Å². The van der Waals surface area contributed by atoms with Gasteiger partial charge in [-0.1, -0.05) is 23.2 Å². The smallest absolute Gasteiger partial charge is 0.0736 e.